The highest BCUT2D eigenvalue weighted by Gasteiger charge is 2.27. The fourth-order valence-electron chi connectivity index (χ4n) is 3.74. The number of carbonyl (C=O) groups is 1. The van der Waals surface area contributed by atoms with Crippen LogP contribution in [-0.4, -0.2) is 62.3 Å². The van der Waals surface area contributed by atoms with Crippen LogP contribution >= 0.6 is 0 Å². The van der Waals surface area contributed by atoms with Gasteiger partial charge in [-0.1, -0.05) is 0 Å². The van der Waals surface area contributed by atoms with E-state index in [1.54, 1.807) is 0 Å². The second-order valence-corrected chi connectivity index (χ2v) is 7.32. The van der Waals surface area contributed by atoms with Gasteiger partial charge in [0, 0.05) is 31.0 Å². The van der Waals surface area contributed by atoms with E-state index in [4.69, 9.17) is 0 Å². The minimum atomic E-state index is -0.615. The first-order chi connectivity index (χ1) is 12.3. The molecular formula is C19H29N5O2. The van der Waals surface area contributed by atoms with Gasteiger partial charge in [-0.3, -0.25) is 9.48 Å². The SMILES string of the molecule is CCn1c(C)cc(C(=O)N2CCn3nc([C@@H](O)CN(C)C)cc3C2)c1C. The van der Waals surface area contributed by atoms with E-state index in [9.17, 15) is 9.90 Å². The summed E-state index contributed by atoms with van der Waals surface area (Å²) in [5.41, 5.74) is 4.57. The number of amides is 1. The zero-order valence-corrected chi connectivity index (χ0v) is 16.4. The van der Waals surface area contributed by atoms with Crippen molar-refractivity contribution in [3.05, 3.63) is 40.5 Å². The van der Waals surface area contributed by atoms with Gasteiger partial charge in [0.15, 0.2) is 0 Å². The molecule has 1 N–H and O–H groups in total. The molecule has 7 nitrogen and oxygen atoms in total. The molecule has 0 radical (unpaired) electrons. The summed E-state index contributed by atoms with van der Waals surface area (Å²) in [5.74, 6) is 0.0700. The third kappa shape index (κ3) is 3.41. The number of rotatable bonds is 5. The number of aliphatic hydroxyl groups excluding tert-OH is 1. The average molecular weight is 359 g/mol. The lowest BCUT2D eigenvalue weighted by Crippen LogP contribution is -2.38. The van der Waals surface area contributed by atoms with E-state index in [0.29, 0.717) is 31.9 Å². The van der Waals surface area contributed by atoms with Gasteiger partial charge in [-0.25, -0.2) is 0 Å². The highest BCUT2D eigenvalue weighted by atomic mass is 16.3. The van der Waals surface area contributed by atoms with Crippen molar-refractivity contribution in [1.29, 1.82) is 0 Å². The smallest absolute Gasteiger partial charge is 0.256 e. The lowest BCUT2D eigenvalue weighted by Gasteiger charge is -2.27. The first-order valence-corrected chi connectivity index (χ1v) is 9.17. The summed E-state index contributed by atoms with van der Waals surface area (Å²) in [6.07, 6.45) is -0.615. The zero-order valence-electron chi connectivity index (χ0n) is 16.4. The molecule has 26 heavy (non-hydrogen) atoms. The molecule has 3 heterocycles. The second kappa shape index (κ2) is 7.25. The third-order valence-electron chi connectivity index (χ3n) is 5.10. The summed E-state index contributed by atoms with van der Waals surface area (Å²) in [6, 6.07) is 3.91. The number of aryl methyl sites for hydroxylation is 1. The molecule has 0 unspecified atom stereocenters. The Kier molecular flexibility index (Phi) is 5.20. The van der Waals surface area contributed by atoms with Crippen LogP contribution in [0.1, 0.15) is 46.2 Å². The number of hydrogen-bond donors (Lipinski definition) is 1. The Bertz CT molecular complexity index is 805. The van der Waals surface area contributed by atoms with Gasteiger partial charge in [-0.15, -0.1) is 0 Å². The fraction of sp³-hybridized carbons (Fsp3) is 0.579. The number of carbonyl (C=O) groups excluding carboxylic acids is 1. The monoisotopic (exact) mass is 359 g/mol. The van der Waals surface area contributed by atoms with E-state index in [0.717, 1.165) is 29.2 Å². The number of aromatic nitrogens is 3. The topological polar surface area (TPSA) is 66.5 Å². The number of aliphatic hydroxyl groups is 1. The maximum absolute atomic E-state index is 13.0. The van der Waals surface area contributed by atoms with Crippen LogP contribution in [0.5, 0.6) is 0 Å². The zero-order chi connectivity index (χ0) is 19.0. The lowest BCUT2D eigenvalue weighted by atomic mass is 10.1. The molecule has 1 atom stereocenters. The molecule has 1 amide bonds. The predicted molar refractivity (Wildman–Crippen MR) is 100 cm³/mol. The molecule has 0 fully saturated rings. The molecule has 2 aromatic heterocycles. The Morgan fingerprint density at radius 3 is 2.65 bits per heavy atom. The Labute approximate surface area is 154 Å². The van der Waals surface area contributed by atoms with Crippen molar-refractivity contribution in [2.24, 2.45) is 0 Å². The van der Waals surface area contributed by atoms with Crippen molar-refractivity contribution in [3.63, 3.8) is 0 Å². The van der Waals surface area contributed by atoms with E-state index >= 15 is 0 Å². The van der Waals surface area contributed by atoms with Gasteiger partial charge in [0.1, 0.15) is 6.10 Å². The molecule has 0 saturated carbocycles. The number of hydrogen-bond acceptors (Lipinski definition) is 4. The van der Waals surface area contributed by atoms with Crippen LogP contribution in [0, 0.1) is 13.8 Å². The molecule has 1 aliphatic rings. The molecule has 0 saturated heterocycles. The van der Waals surface area contributed by atoms with Crippen molar-refractivity contribution in [1.82, 2.24) is 24.1 Å². The van der Waals surface area contributed by atoms with Crippen molar-refractivity contribution < 1.29 is 9.90 Å². The van der Waals surface area contributed by atoms with E-state index in [1.165, 1.54) is 0 Å². The highest BCUT2D eigenvalue weighted by molar-refractivity contribution is 5.95. The van der Waals surface area contributed by atoms with Gasteiger partial charge in [0.25, 0.3) is 5.91 Å². The normalized spacial score (nSPS) is 15.4. The summed E-state index contributed by atoms with van der Waals surface area (Å²) in [4.78, 5) is 16.8. The minimum absolute atomic E-state index is 0.0700. The van der Waals surface area contributed by atoms with Gasteiger partial charge in [-0.2, -0.15) is 5.10 Å². The Morgan fingerprint density at radius 1 is 1.31 bits per heavy atom. The Morgan fingerprint density at radius 2 is 2.04 bits per heavy atom. The molecule has 0 spiro atoms. The van der Waals surface area contributed by atoms with Crippen molar-refractivity contribution in [2.75, 3.05) is 27.2 Å². The first kappa shape index (κ1) is 18.7. The van der Waals surface area contributed by atoms with Crippen LogP contribution in [-0.2, 0) is 19.6 Å². The van der Waals surface area contributed by atoms with E-state index in [1.807, 2.05) is 54.6 Å². The summed E-state index contributed by atoms with van der Waals surface area (Å²) < 4.78 is 4.07. The van der Waals surface area contributed by atoms with Gasteiger partial charge in [0.2, 0.25) is 0 Å². The third-order valence-corrected chi connectivity index (χ3v) is 5.10. The van der Waals surface area contributed by atoms with Crippen LogP contribution in [0.25, 0.3) is 0 Å². The quantitative estimate of drug-likeness (QED) is 0.880. The molecular weight excluding hydrogens is 330 g/mol. The van der Waals surface area contributed by atoms with Crippen molar-refractivity contribution in [3.8, 4) is 0 Å². The highest BCUT2D eigenvalue weighted by Crippen LogP contribution is 2.22. The van der Waals surface area contributed by atoms with Crippen molar-refractivity contribution >= 4 is 5.91 Å². The molecule has 0 aliphatic carbocycles. The Balaban J connectivity index is 1.78. The van der Waals surface area contributed by atoms with Gasteiger partial charge in [-0.05, 0) is 47.0 Å². The van der Waals surface area contributed by atoms with E-state index in [-0.39, 0.29) is 5.91 Å². The predicted octanol–water partition coefficient (Wildman–Crippen LogP) is 1.57. The maximum Gasteiger partial charge on any atom is 0.256 e. The molecule has 0 bridgehead atoms. The second-order valence-electron chi connectivity index (χ2n) is 7.32. The maximum atomic E-state index is 13.0. The van der Waals surface area contributed by atoms with Gasteiger partial charge >= 0.3 is 0 Å². The molecule has 7 heteroatoms. The van der Waals surface area contributed by atoms with Crippen LogP contribution < -0.4 is 0 Å². The van der Waals surface area contributed by atoms with Crippen LogP contribution in [0.4, 0.5) is 0 Å². The average Bonchev–Trinajstić information content (AvgIpc) is 3.13. The Hall–Kier alpha value is -2.12. The van der Waals surface area contributed by atoms with Crippen molar-refractivity contribution in [2.45, 2.75) is 46.5 Å². The van der Waals surface area contributed by atoms with Crippen LogP contribution in [0.3, 0.4) is 0 Å². The fourth-order valence-corrected chi connectivity index (χ4v) is 3.74. The summed E-state index contributed by atoms with van der Waals surface area (Å²) in [5, 5.41) is 14.8. The minimum Gasteiger partial charge on any atom is -0.385 e. The van der Waals surface area contributed by atoms with E-state index in [2.05, 4.69) is 16.6 Å². The van der Waals surface area contributed by atoms with E-state index < -0.39 is 6.10 Å². The molecule has 0 aromatic carbocycles. The van der Waals surface area contributed by atoms with Gasteiger partial charge in [0.05, 0.1) is 30.0 Å². The number of fused-ring (bicyclic) bond motifs is 1. The number of nitrogens with zero attached hydrogens (tertiary/aromatic N) is 5. The summed E-state index contributed by atoms with van der Waals surface area (Å²) in [6.45, 7) is 9.34. The van der Waals surface area contributed by atoms with Crippen LogP contribution in [0.15, 0.2) is 12.1 Å². The van der Waals surface area contributed by atoms with Gasteiger partial charge < -0.3 is 19.5 Å². The lowest BCUT2D eigenvalue weighted by molar-refractivity contribution is 0.0704. The van der Waals surface area contributed by atoms with Crippen LogP contribution in [0.2, 0.25) is 0 Å². The molecule has 3 rings (SSSR count). The molecule has 2 aromatic rings. The standard InChI is InChI=1S/C19H29N5O2/c1-6-23-13(2)9-16(14(23)3)19(26)22-7-8-24-15(11-22)10-17(20-24)18(25)12-21(4)5/h9-10,18,25H,6-8,11-12H2,1-5H3/t18-/m0/s1. The number of likely N-dealkylation sites (N-methyl/N-ethyl adjacent to an activating group) is 1. The molecule has 1 aliphatic heterocycles. The molecule has 142 valence electrons. The first-order valence-electron chi connectivity index (χ1n) is 9.17. The summed E-state index contributed by atoms with van der Waals surface area (Å²) in [7, 11) is 3.85. The largest absolute Gasteiger partial charge is 0.385 e. The summed E-state index contributed by atoms with van der Waals surface area (Å²) >= 11 is 0.